The van der Waals surface area contributed by atoms with Gasteiger partial charge in [-0.2, -0.15) is 0 Å². The molecule has 0 saturated heterocycles. The molecule has 0 radical (unpaired) electrons. The van der Waals surface area contributed by atoms with Crippen molar-refractivity contribution < 1.29 is 14.3 Å². The van der Waals surface area contributed by atoms with Gasteiger partial charge in [0.2, 0.25) is 0 Å². The number of hydrogen-bond donors (Lipinski definition) is 3. The Bertz CT molecular complexity index is 671. The molecule has 0 amide bonds. The molecular weight excluding hydrogens is 308 g/mol. The molecule has 0 fully saturated rings. The summed E-state index contributed by atoms with van der Waals surface area (Å²) >= 11 is 11.7. The average molecular weight is 316 g/mol. The van der Waals surface area contributed by atoms with Gasteiger partial charge in [0.25, 0.3) is 0 Å². The van der Waals surface area contributed by atoms with Gasteiger partial charge in [-0.05, 0) is 18.2 Å². The summed E-state index contributed by atoms with van der Waals surface area (Å²) in [6.07, 6.45) is 1.13. The van der Waals surface area contributed by atoms with Crippen LogP contribution in [0.15, 0.2) is 24.4 Å². The number of pyridine rings is 1. The largest absolute Gasteiger partial charge is 0.478 e. The van der Waals surface area contributed by atoms with Gasteiger partial charge < -0.3 is 16.2 Å². The van der Waals surface area contributed by atoms with Crippen LogP contribution in [-0.2, 0) is 0 Å². The standard InChI is InChI=1S/C12H8Cl2FN3O2/c13-7-2-6(15)3-8(14)10(7)18-11-9(16)1-5(4-17-11)12(19)20/h1-4H,16H2,(H,17,18)(H,19,20). The molecule has 4 N–H and O–H groups in total. The Labute approximate surface area is 123 Å². The van der Waals surface area contributed by atoms with Crippen LogP contribution in [0.3, 0.4) is 0 Å². The van der Waals surface area contributed by atoms with Crippen LogP contribution in [0.5, 0.6) is 0 Å². The molecule has 2 rings (SSSR count). The maximum absolute atomic E-state index is 13.1. The number of carboxylic acids is 1. The predicted octanol–water partition coefficient (Wildman–Crippen LogP) is 3.55. The molecule has 0 aliphatic rings. The molecule has 1 aromatic carbocycles. The van der Waals surface area contributed by atoms with Crippen LogP contribution in [0.4, 0.5) is 21.6 Å². The van der Waals surface area contributed by atoms with Gasteiger partial charge in [0, 0.05) is 6.20 Å². The molecule has 0 aliphatic carbocycles. The number of hydrogen-bond acceptors (Lipinski definition) is 4. The number of benzene rings is 1. The first-order valence-electron chi connectivity index (χ1n) is 5.29. The fourth-order valence-electron chi connectivity index (χ4n) is 1.48. The highest BCUT2D eigenvalue weighted by Gasteiger charge is 2.12. The molecule has 0 spiro atoms. The van der Waals surface area contributed by atoms with Crippen molar-refractivity contribution in [2.24, 2.45) is 0 Å². The average Bonchev–Trinajstić information content (AvgIpc) is 2.34. The molecular formula is C12H8Cl2FN3O2. The number of carbonyl (C=O) groups is 1. The molecule has 104 valence electrons. The summed E-state index contributed by atoms with van der Waals surface area (Å²) < 4.78 is 13.1. The lowest BCUT2D eigenvalue weighted by Crippen LogP contribution is -2.04. The highest BCUT2D eigenvalue weighted by Crippen LogP contribution is 2.34. The van der Waals surface area contributed by atoms with E-state index >= 15 is 0 Å². The van der Waals surface area contributed by atoms with Crippen molar-refractivity contribution in [2.75, 3.05) is 11.1 Å². The van der Waals surface area contributed by atoms with E-state index in [0.29, 0.717) is 0 Å². The molecule has 0 saturated carbocycles. The lowest BCUT2D eigenvalue weighted by atomic mass is 10.2. The summed E-state index contributed by atoms with van der Waals surface area (Å²) in [4.78, 5) is 14.6. The third-order valence-electron chi connectivity index (χ3n) is 2.41. The zero-order valence-corrected chi connectivity index (χ0v) is 11.3. The lowest BCUT2D eigenvalue weighted by molar-refractivity contribution is 0.0696. The minimum absolute atomic E-state index is 0.0515. The quantitative estimate of drug-likeness (QED) is 0.806. The lowest BCUT2D eigenvalue weighted by Gasteiger charge is -2.12. The Morgan fingerprint density at radius 3 is 2.40 bits per heavy atom. The molecule has 1 aromatic heterocycles. The number of nitrogens with two attached hydrogens (primary N) is 1. The second kappa shape index (κ2) is 5.52. The minimum Gasteiger partial charge on any atom is -0.478 e. The van der Waals surface area contributed by atoms with Crippen molar-refractivity contribution in [3.63, 3.8) is 0 Å². The van der Waals surface area contributed by atoms with E-state index in [-0.39, 0.29) is 32.8 Å². The van der Waals surface area contributed by atoms with Crippen LogP contribution < -0.4 is 11.1 Å². The highest BCUT2D eigenvalue weighted by atomic mass is 35.5. The van der Waals surface area contributed by atoms with Gasteiger partial charge in [-0.25, -0.2) is 14.2 Å². The number of nitrogen functional groups attached to an aromatic ring is 1. The normalized spacial score (nSPS) is 10.3. The molecule has 0 aliphatic heterocycles. The Balaban J connectivity index is 2.38. The molecule has 2 aromatic rings. The van der Waals surface area contributed by atoms with Crippen molar-refractivity contribution in [2.45, 2.75) is 0 Å². The van der Waals surface area contributed by atoms with Crippen LogP contribution in [-0.4, -0.2) is 16.1 Å². The van der Waals surface area contributed by atoms with Crippen LogP contribution in [0.1, 0.15) is 10.4 Å². The van der Waals surface area contributed by atoms with Gasteiger partial charge >= 0.3 is 5.97 Å². The van der Waals surface area contributed by atoms with Crippen LogP contribution in [0.25, 0.3) is 0 Å². The van der Waals surface area contributed by atoms with E-state index in [0.717, 1.165) is 18.3 Å². The number of nitrogens with zero attached hydrogens (tertiary/aromatic N) is 1. The van der Waals surface area contributed by atoms with Crippen LogP contribution in [0, 0.1) is 5.82 Å². The van der Waals surface area contributed by atoms with Crippen molar-refractivity contribution in [1.82, 2.24) is 4.98 Å². The van der Waals surface area contributed by atoms with E-state index < -0.39 is 11.8 Å². The molecule has 8 heteroatoms. The Hall–Kier alpha value is -2.05. The summed E-state index contributed by atoms with van der Waals surface area (Å²) in [5.41, 5.74) is 5.97. The number of anilines is 3. The van der Waals surface area contributed by atoms with Crippen molar-refractivity contribution in [3.05, 3.63) is 45.8 Å². The Kier molecular flexibility index (Phi) is 3.96. The maximum Gasteiger partial charge on any atom is 0.337 e. The van der Waals surface area contributed by atoms with E-state index in [9.17, 15) is 9.18 Å². The molecule has 0 bridgehead atoms. The number of carboxylic acid groups (broad SMARTS) is 1. The zero-order valence-electron chi connectivity index (χ0n) is 9.82. The number of rotatable bonds is 3. The van der Waals surface area contributed by atoms with Gasteiger partial charge in [-0.3, -0.25) is 0 Å². The summed E-state index contributed by atoms with van der Waals surface area (Å²) in [5.74, 6) is -1.55. The fraction of sp³-hybridized carbons (Fsp3) is 0. The summed E-state index contributed by atoms with van der Waals surface area (Å²) in [5, 5.41) is 11.7. The molecule has 5 nitrogen and oxygen atoms in total. The van der Waals surface area contributed by atoms with Gasteiger partial charge in [0.15, 0.2) is 5.82 Å². The molecule has 0 atom stereocenters. The first-order chi connectivity index (χ1) is 9.38. The van der Waals surface area contributed by atoms with E-state index in [4.69, 9.17) is 34.0 Å². The highest BCUT2D eigenvalue weighted by molar-refractivity contribution is 6.39. The number of aromatic carboxylic acids is 1. The molecule has 0 unspecified atom stereocenters. The number of halogens is 3. The fourth-order valence-corrected chi connectivity index (χ4v) is 2.04. The van der Waals surface area contributed by atoms with Crippen LogP contribution in [0.2, 0.25) is 10.0 Å². The molecule has 20 heavy (non-hydrogen) atoms. The first-order valence-corrected chi connectivity index (χ1v) is 6.04. The maximum atomic E-state index is 13.1. The van der Waals surface area contributed by atoms with Gasteiger partial charge in [0.1, 0.15) is 5.82 Å². The van der Waals surface area contributed by atoms with Crippen molar-refractivity contribution in [1.29, 1.82) is 0 Å². The van der Waals surface area contributed by atoms with E-state index in [1.165, 1.54) is 6.07 Å². The Morgan fingerprint density at radius 1 is 1.30 bits per heavy atom. The van der Waals surface area contributed by atoms with Gasteiger partial charge in [-0.15, -0.1) is 0 Å². The third kappa shape index (κ3) is 2.92. The SMILES string of the molecule is Nc1cc(C(=O)O)cnc1Nc1c(Cl)cc(F)cc1Cl. The van der Waals surface area contributed by atoms with Gasteiger partial charge in [-0.1, -0.05) is 23.2 Å². The summed E-state index contributed by atoms with van der Waals surface area (Å²) in [6.45, 7) is 0. The van der Waals surface area contributed by atoms with E-state index in [1.54, 1.807) is 0 Å². The van der Waals surface area contributed by atoms with Gasteiger partial charge in [0.05, 0.1) is 27.0 Å². The van der Waals surface area contributed by atoms with E-state index in [1.807, 2.05) is 0 Å². The second-order valence-corrected chi connectivity index (χ2v) is 4.65. The smallest absolute Gasteiger partial charge is 0.337 e. The first kappa shape index (κ1) is 14.4. The topological polar surface area (TPSA) is 88.2 Å². The summed E-state index contributed by atoms with van der Waals surface area (Å²) in [7, 11) is 0. The number of aromatic nitrogens is 1. The summed E-state index contributed by atoms with van der Waals surface area (Å²) in [6, 6.07) is 3.40. The van der Waals surface area contributed by atoms with E-state index in [2.05, 4.69) is 10.3 Å². The number of nitrogens with one attached hydrogen (secondary N) is 1. The Morgan fingerprint density at radius 2 is 1.90 bits per heavy atom. The third-order valence-corrected chi connectivity index (χ3v) is 3.01. The second-order valence-electron chi connectivity index (χ2n) is 3.84. The molecule has 1 heterocycles. The monoisotopic (exact) mass is 315 g/mol. The van der Waals surface area contributed by atoms with Crippen molar-refractivity contribution >= 4 is 46.4 Å². The van der Waals surface area contributed by atoms with Crippen molar-refractivity contribution in [3.8, 4) is 0 Å². The zero-order chi connectivity index (χ0) is 14.9. The van der Waals surface area contributed by atoms with Crippen LogP contribution >= 0.6 is 23.2 Å². The minimum atomic E-state index is -1.14. The predicted molar refractivity (Wildman–Crippen MR) is 75.3 cm³/mol.